The Morgan fingerprint density at radius 3 is 2.92 bits per heavy atom. The minimum Gasteiger partial charge on any atom is -0.396 e. The van der Waals surface area contributed by atoms with Crippen molar-refractivity contribution in [2.45, 2.75) is 0 Å². The van der Waals surface area contributed by atoms with E-state index < -0.39 is 0 Å². The van der Waals surface area contributed by atoms with Crippen LogP contribution in [0.3, 0.4) is 0 Å². The summed E-state index contributed by atoms with van der Waals surface area (Å²) in [6.07, 6.45) is 0. The van der Waals surface area contributed by atoms with Crippen molar-refractivity contribution in [2.24, 2.45) is 0 Å². The Kier molecular flexibility index (Phi) is 1.67. The molecule has 0 atom stereocenters. The van der Waals surface area contributed by atoms with Gasteiger partial charge in [0.1, 0.15) is 16.8 Å². The molecule has 0 unspecified atom stereocenters. The highest BCUT2D eigenvalue weighted by Crippen LogP contribution is 2.33. The van der Waals surface area contributed by atoms with E-state index in [2.05, 4.69) is 0 Å². The summed E-state index contributed by atoms with van der Waals surface area (Å²) < 4.78 is 13.5. The largest absolute Gasteiger partial charge is 0.396 e. The van der Waals surface area contributed by atoms with Gasteiger partial charge in [-0.3, -0.25) is 0 Å². The number of hydrogen-bond donors (Lipinski definition) is 1. The van der Waals surface area contributed by atoms with E-state index in [1.807, 2.05) is 6.07 Å². The average molecular weight is 192 g/mol. The van der Waals surface area contributed by atoms with Crippen LogP contribution in [0.1, 0.15) is 4.88 Å². The topological polar surface area (TPSA) is 49.8 Å². The van der Waals surface area contributed by atoms with Gasteiger partial charge in [-0.05, 0) is 18.2 Å². The predicted molar refractivity (Wildman–Crippen MR) is 50.9 cm³/mol. The van der Waals surface area contributed by atoms with Crippen molar-refractivity contribution in [2.75, 3.05) is 5.73 Å². The fraction of sp³-hybridized carbons (Fsp3) is 0. The molecule has 1 aromatic heterocycles. The number of halogens is 1. The molecular formula is C9H5FN2S. The molecule has 13 heavy (non-hydrogen) atoms. The number of nitrogens with zero attached hydrogens (tertiary/aromatic N) is 1. The van der Waals surface area contributed by atoms with Crippen LogP contribution in [0, 0.1) is 17.1 Å². The van der Waals surface area contributed by atoms with Gasteiger partial charge in [0.15, 0.2) is 0 Å². The molecule has 1 aromatic carbocycles. The predicted octanol–water partition coefficient (Wildman–Crippen LogP) is 2.49. The molecule has 0 aliphatic carbocycles. The van der Waals surface area contributed by atoms with Crippen molar-refractivity contribution < 1.29 is 4.39 Å². The summed E-state index contributed by atoms with van der Waals surface area (Å²) in [5.74, 6) is -0.307. The summed E-state index contributed by atoms with van der Waals surface area (Å²) in [6.45, 7) is 0. The van der Waals surface area contributed by atoms with Crippen molar-refractivity contribution >= 4 is 27.1 Å². The Morgan fingerprint density at radius 2 is 2.23 bits per heavy atom. The van der Waals surface area contributed by atoms with Gasteiger partial charge in [-0.15, -0.1) is 11.3 Å². The molecule has 2 nitrogen and oxygen atoms in total. The van der Waals surface area contributed by atoms with Crippen LogP contribution < -0.4 is 5.73 Å². The smallest absolute Gasteiger partial charge is 0.129 e. The van der Waals surface area contributed by atoms with Gasteiger partial charge in [-0.1, -0.05) is 0 Å². The Balaban J connectivity index is 2.86. The molecule has 0 fully saturated rings. The average Bonchev–Trinajstić information content (AvgIpc) is 2.42. The zero-order valence-electron chi connectivity index (χ0n) is 6.54. The summed E-state index contributed by atoms with van der Waals surface area (Å²) in [4.78, 5) is 0.445. The fourth-order valence-corrected chi connectivity index (χ4v) is 2.12. The maximum atomic E-state index is 12.8. The highest BCUT2D eigenvalue weighted by atomic mass is 32.1. The number of fused-ring (bicyclic) bond motifs is 1. The summed E-state index contributed by atoms with van der Waals surface area (Å²) in [5.41, 5.74) is 6.11. The standard InChI is InChI=1S/C9H5FN2S/c10-5-1-2-6-7(3-5)13-8(4-11)9(6)12/h1-3H,12H2. The molecule has 0 saturated carbocycles. The lowest BCUT2D eigenvalue weighted by Gasteiger charge is -1.90. The zero-order valence-corrected chi connectivity index (χ0v) is 7.36. The first-order chi connectivity index (χ1) is 6.22. The number of anilines is 1. The molecule has 2 N–H and O–H groups in total. The molecule has 4 heteroatoms. The van der Waals surface area contributed by atoms with Gasteiger partial charge in [-0.2, -0.15) is 5.26 Å². The zero-order chi connectivity index (χ0) is 9.42. The number of benzene rings is 1. The van der Waals surface area contributed by atoms with E-state index in [0.29, 0.717) is 15.3 Å². The van der Waals surface area contributed by atoms with E-state index >= 15 is 0 Å². The third-order valence-corrected chi connectivity index (χ3v) is 2.87. The lowest BCUT2D eigenvalue weighted by atomic mass is 10.2. The van der Waals surface area contributed by atoms with Crippen LogP contribution in [0.5, 0.6) is 0 Å². The summed E-state index contributed by atoms with van der Waals surface area (Å²) in [7, 11) is 0. The van der Waals surface area contributed by atoms with Crippen molar-refractivity contribution in [1.82, 2.24) is 0 Å². The highest BCUT2D eigenvalue weighted by molar-refractivity contribution is 7.20. The van der Waals surface area contributed by atoms with E-state index in [0.717, 1.165) is 5.39 Å². The van der Waals surface area contributed by atoms with Gasteiger partial charge < -0.3 is 5.73 Å². The summed E-state index contributed by atoms with van der Waals surface area (Å²) in [5, 5.41) is 9.43. The number of nitriles is 1. The quantitative estimate of drug-likeness (QED) is 0.697. The lowest BCUT2D eigenvalue weighted by Crippen LogP contribution is -1.84. The number of thiophene rings is 1. The minimum atomic E-state index is -0.307. The molecule has 0 saturated heterocycles. The molecule has 0 aliphatic heterocycles. The van der Waals surface area contributed by atoms with Gasteiger partial charge >= 0.3 is 0 Å². The monoisotopic (exact) mass is 192 g/mol. The van der Waals surface area contributed by atoms with Crippen LogP contribution in [-0.4, -0.2) is 0 Å². The number of nitrogens with two attached hydrogens (primary N) is 1. The number of hydrogen-bond acceptors (Lipinski definition) is 3. The van der Waals surface area contributed by atoms with Crippen molar-refractivity contribution in [1.29, 1.82) is 5.26 Å². The van der Waals surface area contributed by atoms with Crippen LogP contribution in [-0.2, 0) is 0 Å². The van der Waals surface area contributed by atoms with Gasteiger partial charge in [-0.25, -0.2) is 4.39 Å². The van der Waals surface area contributed by atoms with Crippen LogP contribution in [0.4, 0.5) is 10.1 Å². The summed E-state index contributed by atoms with van der Waals surface area (Å²) >= 11 is 1.21. The Labute approximate surface area is 78.0 Å². The molecule has 0 amide bonds. The molecule has 0 spiro atoms. The lowest BCUT2D eigenvalue weighted by molar-refractivity contribution is 0.630. The van der Waals surface area contributed by atoms with Gasteiger partial charge in [0.05, 0.1) is 5.69 Å². The maximum absolute atomic E-state index is 12.8. The normalized spacial score (nSPS) is 10.2. The second kappa shape index (κ2) is 2.71. The van der Waals surface area contributed by atoms with Crippen LogP contribution in [0.25, 0.3) is 10.1 Å². The molecule has 0 radical (unpaired) electrons. The first kappa shape index (κ1) is 8.02. The first-order valence-electron chi connectivity index (χ1n) is 3.60. The van der Waals surface area contributed by atoms with E-state index in [1.54, 1.807) is 6.07 Å². The van der Waals surface area contributed by atoms with E-state index in [1.165, 1.54) is 23.5 Å². The number of rotatable bonds is 0. The Morgan fingerprint density at radius 1 is 1.46 bits per heavy atom. The molecule has 2 aromatic rings. The van der Waals surface area contributed by atoms with Crippen LogP contribution in [0.15, 0.2) is 18.2 Å². The van der Waals surface area contributed by atoms with Gasteiger partial charge in [0.2, 0.25) is 0 Å². The molecule has 2 rings (SSSR count). The van der Waals surface area contributed by atoms with E-state index in [9.17, 15) is 4.39 Å². The second-order valence-corrected chi connectivity index (χ2v) is 3.65. The summed E-state index contributed by atoms with van der Waals surface area (Å²) in [6, 6.07) is 6.30. The minimum absolute atomic E-state index is 0.307. The molecule has 0 bridgehead atoms. The van der Waals surface area contributed by atoms with E-state index in [-0.39, 0.29) is 5.82 Å². The third kappa shape index (κ3) is 1.14. The second-order valence-electron chi connectivity index (χ2n) is 2.60. The molecule has 64 valence electrons. The third-order valence-electron chi connectivity index (χ3n) is 1.79. The van der Waals surface area contributed by atoms with Crippen molar-refractivity contribution in [3.05, 3.63) is 28.9 Å². The maximum Gasteiger partial charge on any atom is 0.129 e. The van der Waals surface area contributed by atoms with Crippen LogP contribution >= 0.6 is 11.3 Å². The SMILES string of the molecule is N#Cc1sc2cc(F)ccc2c1N. The Hall–Kier alpha value is -1.60. The molecular weight excluding hydrogens is 187 g/mol. The van der Waals surface area contributed by atoms with E-state index in [4.69, 9.17) is 11.0 Å². The first-order valence-corrected chi connectivity index (χ1v) is 4.41. The Bertz CT molecular complexity index is 510. The molecule has 0 aliphatic rings. The van der Waals surface area contributed by atoms with Crippen molar-refractivity contribution in [3.8, 4) is 6.07 Å². The van der Waals surface area contributed by atoms with Crippen LogP contribution in [0.2, 0.25) is 0 Å². The van der Waals surface area contributed by atoms with Crippen molar-refractivity contribution in [3.63, 3.8) is 0 Å². The highest BCUT2D eigenvalue weighted by Gasteiger charge is 2.08. The molecule has 1 heterocycles. The van der Waals surface area contributed by atoms with Gasteiger partial charge in [0.25, 0.3) is 0 Å². The van der Waals surface area contributed by atoms with Gasteiger partial charge in [0, 0.05) is 10.1 Å². The number of nitrogen functional groups attached to an aromatic ring is 1. The fourth-order valence-electron chi connectivity index (χ4n) is 1.17.